The van der Waals surface area contributed by atoms with E-state index in [1.165, 1.54) is 0 Å². The predicted molar refractivity (Wildman–Crippen MR) is 151 cm³/mol. The van der Waals surface area contributed by atoms with Crippen LogP contribution in [0.3, 0.4) is 0 Å². The van der Waals surface area contributed by atoms with Crippen molar-refractivity contribution >= 4 is 29.2 Å². The molecule has 0 aliphatic carbocycles. The van der Waals surface area contributed by atoms with Crippen molar-refractivity contribution in [2.24, 2.45) is 0 Å². The summed E-state index contributed by atoms with van der Waals surface area (Å²) in [6.45, 7) is 2.21. The molecule has 2 bridgehead atoms. The zero-order valence-corrected chi connectivity index (χ0v) is 23.1. The summed E-state index contributed by atoms with van der Waals surface area (Å²) < 4.78 is 10.5. The van der Waals surface area contributed by atoms with Gasteiger partial charge in [-0.15, -0.1) is 0 Å². The lowest BCUT2D eigenvalue weighted by Crippen LogP contribution is -2.50. The molecule has 0 spiro atoms. The van der Waals surface area contributed by atoms with E-state index >= 15 is 0 Å². The number of benzene rings is 2. The molecule has 3 heterocycles. The lowest BCUT2D eigenvalue weighted by Gasteiger charge is -2.40. The van der Waals surface area contributed by atoms with Gasteiger partial charge in [0.25, 0.3) is 11.8 Å². The smallest absolute Gasteiger partial charge is 0.253 e. The van der Waals surface area contributed by atoms with Crippen molar-refractivity contribution < 1.29 is 19.1 Å². The fraction of sp³-hybridized carbons (Fsp3) is 0.367. The van der Waals surface area contributed by atoms with Gasteiger partial charge in [-0.1, -0.05) is 23.7 Å². The standard InChI is InChI=1S/C30H33ClN4O4/c1-18-25(5-4-6-27(18)39-3)30(37)34-21-13-22-9-10-23(14-21)35(22)28-12-8-20(17-32-28)29(36)33-16-19-7-11-24(38-2)15-26(19)31/h4-8,11-12,15,17,21-23H,9-10,13-14,16H2,1-3H3,(H,33,36)(H,34,37). The maximum absolute atomic E-state index is 13.0. The normalized spacial score (nSPS) is 19.9. The summed E-state index contributed by atoms with van der Waals surface area (Å²) >= 11 is 6.29. The van der Waals surface area contributed by atoms with Crippen LogP contribution in [0, 0.1) is 6.92 Å². The van der Waals surface area contributed by atoms with E-state index in [0.717, 1.165) is 42.6 Å². The third-order valence-corrected chi connectivity index (χ3v) is 8.14. The Labute approximate surface area is 233 Å². The van der Waals surface area contributed by atoms with E-state index in [9.17, 15) is 9.59 Å². The Bertz CT molecular complexity index is 1350. The second-order valence-corrected chi connectivity index (χ2v) is 10.5. The Morgan fingerprint density at radius 1 is 1.03 bits per heavy atom. The fourth-order valence-corrected chi connectivity index (χ4v) is 6.00. The number of fused-ring (bicyclic) bond motifs is 2. The molecule has 3 aromatic rings. The fourth-order valence-electron chi connectivity index (χ4n) is 5.76. The van der Waals surface area contributed by atoms with Crippen LogP contribution in [-0.4, -0.2) is 49.1 Å². The number of pyridine rings is 1. The molecule has 5 rings (SSSR count). The molecule has 8 nitrogen and oxygen atoms in total. The first kappa shape index (κ1) is 26.8. The molecular weight excluding hydrogens is 516 g/mol. The molecule has 2 aromatic carbocycles. The molecule has 2 atom stereocenters. The van der Waals surface area contributed by atoms with Gasteiger partial charge in [0.05, 0.1) is 19.8 Å². The summed E-state index contributed by atoms with van der Waals surface area (Å²) in [7, 11) is 3.20. The molecule has 39 heavy (non-hydrogen) atoms. The van der Waals surface area contributed by atoms with Gasteiger partial charge < -0.3 is 25.0 Å². The van der Waals surface area contributed by atoms with Crippen LogP contribution in [0.2, 0.25) is 5.02 Å². The summed E-state index contributed by atoms with van der Waals surface area (Å²) in [5.41, 5.74) is 2.79. The number of hydrogen-bond acceptors (Lipinski definition) is 6. The Hall–Kier alpha value is -3.78. The summed E-state index contributed by atoms with van der Waals surface area (Å²) in [5, 5.41) is 6.69. The number of aromatic nitrogens is 1. The van der Waals surface area contributed by atoms with E-state index < -0.39 is 0 Å². The minimum absolute atomic E-state index is 0.0614. The Morgan fingerprint density at radius 2 is 1.79 bits per heavy atom. The summed E-state index contributed by atoms with van der Waals surface area (Å²) in [6, 6.07) is 15.3. The van der Waals surface area contributed by atoms with Crippen molar-refractivity contribution in [1.82, 2.24) is 15.6 Å². The minimum atomic E-state index is -0.210. The van der Waals surface area contributed by atoms with Crippen LogP contribution in [0.4, 0.5) is 5.82 Å². The molecule has 0 saturated carbocycles. The average molecular weight is 549 g/mol. The molecule has 2 aliphatic heterocycles. The molecule has 1 aromatic heterocycles. The summed E-state index contributed by atoms with van der Waals surface area (Å²) in [4.78, 5) is 32.8. The number of carbonyl (C=O) groups is 2. The van der Waals surface area contributed by atoms with Gasteiger partial charge in [0.15, 0.2) is 0 Å². The molecule has 2 fully saturated rings. The molecule has 2 saturated heterocycles. The highest BCUT2D eigenvalue weighted by Gasteiger charge is 2.42. The minimum Gasteiger partial charge on any atom is -0.497 e. The molecule has 2 aliphatic rings. The topological polar surface area (TPSA) is 92.8 Å². The number of carbonyl (C=O) groups excluding carboxylic acids is 2. The van der Waals surface area contributed by atoms with E-state index in [0.29, 0.717) is 46.3 Å². The van der Waals surface area contributed by atoms with Gasteiger partial charge in [-0.3, -0.25) is 9.59 Å². The number of anilines is 1. The number of rotatable bonds is 8. The van der Waals surface area contributed by atoms with Gasteiger partial charge in [0.1, 0.15) is 17.3 Å². The van der Waals surface area contributed by atoms with Crippen molar-refractivity contribution in [2.75, 3.05) is 19.1 Å². The number of amides is 2. The first-order chi connectivity index (χ1) is 18.9. The predicted octanol–water partition coefficient (Wildman–Crippen LogP) is 4.92. The number of halogens is 1. The van der Waals surface area contributed by atoms with E-state index in [-0.39, 0.29) is 17.9 Å². The van der Waals surface area contributed by atoms with Crippen LogP contribution in [0.1, 0.15) is 57.5 Å². The second kappa shape index (κ2) is 11.5. The number of nitrogens with one attached hydrogen (secondary N) is 2. The van der Waals surface area contributed by atoms with Crippen LogP contribution in [-0.2, 0) is 6.54 Å². The highest BCUT2D eigenvalue weighted by atomic mass is 35.5. The van der Waals surface area contributed by atoms with Crippen molar-refractivity contribution in [2.45, 2.75) is 57.3 Å². The monoisotopic (exact) mass is 548 g/mol. The average Bonchev–Trinajstić information content (AvgIpc) is 3.22. The maximum Gasteiger partial charge on any atom is 0.253 e. The first-order valence-corrected chi connectivity index (χ1v) is 13.5. The highest BCUT2D eigenvalue weighted by Crippen LogP contribution is 2.38. The first-order valence-electron chi connectivity index (χ1n) is 13.2. The van der Waals surface area contributed by atoms with E-state index in [2.05, 4.69) is 20.5 Å². The van der Waals surface area contributed by atoms with Gasteiger partial charge in [-0.05, 0) is 74.6 Å². The van der Waals surface area contributed by atoms with Gasteiger partial charge in [0, 0.05) is 47.0 Å². The Morgan fingerprint density at radius 3 is 2.44 bits per heavy atom. The number of nitrogens with zero attached hydrogens (tertiary/aromatic N) is 2. The van der Waals surface area contributed by atoms with E-state index in [1.807, 2.05) is 49.4 Å². The second-order valence-electron chi connectivity index (χ2n) is 10.1. The van der Waals surface area contributed by atoms with Crippen LogP contribution in [0.25, 0.3) is 0 Å². The van der Waals surface area contributed by atoms with Crippen molar-refractivity contribution in [3.63, 3.8) is 0 Å². The van der Waals surface area contributed by atoms with Gasteiger partial charge in [-0.25, -0.2) is 4.98 Å². The molecule has 2 amide bonds. The highest BCUT2D eigenvalue weighted by molar-refractivity contribution is 6.31. The lowest BCUT2D eigenvalue weighted by molar-refractivity contribution is 0.0923. The number of ether oxygens (including phenoxy) is 2. The lowest BCUT2D eigenvalue weighted by atomic mass is 9.96. The number of piperidine rings is 1. The molecule has 2 unspecified atom stereocenters. The number of methoxy groups -OCH3 is 2. The van der Waals surface area contributed by atoms with Crippen molar-refractivity contribution in [3.8, 4) is 11.5 Å². The van der Waals surface area contributed by atoms with Gasteiger partial charge in [-0.2, -0.15) is 0 Å². The maximum atomic E-state index is 13.0. The van der Waals surface area contributed by atoms with Gasteiger partial charge in [0.2, 0.25) is 0 Å². The molecule has 204 valence electrons. The molecule has 9 heteroatoms. The zero-order valence-electron chi connectivity index (χ0n) is 22.4. The molecule has 2 N–H and O–H groups in total. The molecule has 0 radical (unpaired) electrons. The third kappa shape index (κ3) is 5.66. The van der Waals surface area contributed by atoms with Crippen LogP contribution in [0.15, 0.2) is 54.7 Å². The third-order valence-electron chi connectivity index (χ3n) is 7.79. The van der Waals surface area contributed by atoms with E-state index in [4.69, 9.17) is 21.1 Å². The largest absolute Gasteiger partial charge is 0.497 e. The summed E-state index contributed by atoms with van der Waals surface area (Å²) in [5.74, 6) is 1.98. The quantitative estimate of drug-likeness (QED) is 0.415. The van der Waals surface area contributed by atoms with Crippen molar-refractivity contribution in [1.29, 1.82) is 0 Å². The molecular formula is C30H33ClN4O4. The van der Waals surface area contributed by atoms with Crippen molar-refractivity contribution in [3.05, 3.63) is 82.0 Å². The Kier molecular flexibility index (Phi) is 7.93. The number of hydrogen-bond donors (Lipinski definition) is 2. The van der Waals surface area contributed by atoms with E-state index in [1.54, 1.807) is 26.5 Å². The Balaban J connectivity index is 1.19. The van der Waals surface area contributed by atoms with Crippen LogP contribution >= 0.6 is 11.6 Å². The zero-order chi connectivity index (χ0) is 27.5. The van der Waals surface area contributed by atoms with Crippen LogP contribution in [0.5, 0.6) is 11.5 Å². The SMILES string of the molecule is COc1ccc(CNC(=O)c2ccc(N3C4CCC3CC(NC(=O)c3cccc(OC)c3C)C4)nc2)c(Cl)c1. The van der Waals surface area contributed by atoms with Crippen LogP contribution < -0.4 is 25.0 Å². The summed E-state index contributed by atoms with van der Waals surface area (Å²) in [6.07, 6.45) is 5.46. The van der Waals surface area contributed by atoms with Gasteiger partial charge >= 0.3 is 0 Å².